The Hall–Kier alpha value is -1.12. The first-order valence-corrected chi connectivity index (χ1v) is 13.9. The van der Waals surface area contributed by atoms with Gasteiger partial charge in [-0.25, -0.2) is 0 Å². The van der Waals surface area contributed by atoms with E-state index in [0.29, 0.717) is 13.0 Å². The second-order valence-corrected chi connectivity index (χ2v) is 11.4. The van der Waals surface area contributed by atoms with Crippen molar-refractivity contribution in [1.82, 2.24) is 10.6 Å². The molecule has 0 aromatic heterocycles. The molecule has 2 aliphatic rings. The van der Waals surface area contributed by atoms with Crippen molar-refractivity contribution in [3.8, 4) is 0 Å². The third-order valence-corrected chi connectivity index (χ3v) is 8.48. The standard InChI is InChI=1S/C27H50ClN5O2/c1-6-9-10-11-19-13-22(35-5)21(16-32-19)33-25(34)23(24(30)31)20(29)15-27(12-7-2)17-26(27,4)14-18(28)8-3/h13-14,19-21,23-24,32H,6-12,15-17,29-31H2,1-5H3,(H,33,34)/b18-14+. The number of unbranched alkanes of at least 4 members (excludes halogenated alkanes) is 2. The molecule has 1 saturated carbocycles. The molecule has 0 bridgehead atoms. The van der Waals surface area contributed by atoms with Crippen molar-refractivity contribution in [3.63, 3.8) is 0 Å². The van der Waals surface area contributed by atoms with Gasteiger partial charge in [-0.1, -0.05) is 71.1 Å². The van der Waals surface area contributed by atoms with E-state index in [1.807, 2.05) is 0 Å². The van der Waals surface area contributed by atoms with Crippen molar-refractivity contribution < 1.29 is 9.53 Å². The van der Waals surface area contributed by atoms with Crippen LogP contribution in [0, 0.1) is 16.7 Å². The summed E-state index contributed by atoms with van der Waals surface area (Å²) in [5.41, 5.74) is 18.9. The Morgan fingerprint density at radius 3 is 2.57 bits per heavy atom. The molecule has 2 rings (SSSR count). The fourth-order valence-electron chi connectivity index (χ4n) is 5.95. The SMILES string of the molecule is CCCCCC1C=C(OC)C(NC(=O)C(C(N)N)C(N)CC2(CCC)CC2(C)/C=C(/Cl)CC)CN1. The Labute approximate surface area is 218 Å². The lowest BCUT2D eigenvalue weighted by Crippen LogP contribution is -2.59. The molecule has 1 amide bonds. The van der Waals surface area contributed by atoms with E-state index in [1.165, 1.54) is 12.8 Å². The van der Waals surface area contributed by atoms with E-state index in [2.05, 4.69) is 50.5 Å². The van der Waals surface area contributed by atoms with Crippen LogP contribution in [0.1, 0.15) is 85.5 Å². The number of hydrogen-bond donors (Lipinski definition) is 5. The van der Waals surface area contributed by atoms with Gasteiger partial charge in [-0.2, -0.15) is 0 Å². The molecule has 1 aliphatic heterocycles. The Kier molecular flexibility index (Phi) is 11.6. The number of halogens is 1. The Morgan fingerprint density at radius 1 is 1.29 bits per heavy atom. The van der Waals surface area contributed by atoms with Crippen LogP contribution in [0.2, 0.25) is 0 Å². The van der Waals surface area contributed by atoms with Gasteiger partial charge in [0.15, 0.2) is 0 Å². The second-order valence-electron chi connectivity index (χ2n) is 10.9. The van der Waals surface area contributed by atoms with Gasteiger partial charge in [0.05, 0.1) is 25.2 Å². The molecule has 202 valence electrons. The summed E-state index contributed by atoms with van der Waals surface area (Å²) in [6, 6.07) is -0.472. The number of methoxy groups -OCH3 is 1. The zero-order valence-electron chi connectivity index (χ0n) is 22.5. The molecule has 0 radical (unpaired) electrons. The number of nitrogens with one attached hydrogen (secondary N) is 2. The van der Waals surface area contributed by atoms with Gasteiger partial charge in [-0.3, -0.25) is 4.79 Å². The first-order chi connectivity index (χ1) is 16.6. The molecule has 1 heterocycles. The quantitative estimate of drug-likeness (QED) is 0.168. The second kappa shape index (κ2) is 13.4. The highest BCUT2D eigenvalue weighted by Gasteiger charge is 2.62. The maximum absolute atomic E-state index is 13.4. The summed E-state index contributed by atoms with van der Waals surface area (Å²) in [6.07, 6.45) is 12.6. The molecule has 35 heavy (non-hydrogen) atoms. The predicted molar refractivity (Wildman–Crippen MR) is 145 cm³/mol. The highest BCUT2D eigenvalue weighted by Crippen LogP contribution is 2.70. The summed E-state index contributed by atoms with van der Waals surface area (Å²) < 4.78 is 5.63. The molecule has 1 aliphatic carbocycles. The van der Waals surface area contributed by atoms with Crippen LogP contribution in [0.15, 0.2) is 22.9 Å². The Bertz CT molecular complexity index is 758. The van der Waals surface area contributed by atoms with E-state index < -0.39 is 18.1 Å². The van der Waals surface area contributed by atoms with Crippen LogP contribution in [-0.2, 0) is 9.53 Å². The van der Waals surface area contributed by atoms with Crippen LogP contribution >= 0.6 is 11.6 Å². The predicted octanol–water partition coefficient (Wildman–Crippen LogP) is 3.86. The fraction of sp³-hybridized carbons (Fsp3) is 0.815. The molecule has 1 fully saturated rings. The summed E-state index contributed by atoms with van der Waals surface area (Å²) in [5, 5.41) is 7.49. The topological polar surface area (TPSA) is 128 Å². The van der Waals surface area contributed by atoms with Crippen molar-refractivity contribution in [2.45, 2.75) is 110 Å². The first-order valence-electron chi connectivity index (χ1n) is 13.5. The molecule has 6 atom stereocenters. The molecular weight excluding hydrogens is 462 g/mol. The van der Waals surface area contributed by atoms with Crippen molar-refractivity contribution in [1.29, 1.82) is 0 Å². The monoisotopic (exact) mass is 511 g/mol. The van der Waals surface area contributed by atoms with Crippen LogP contribution in [0.4, 0.5) is 0 Å². The number of hydrogen-bond acceptors (Lipinski definition) is 6. The van der Waals surface area contributed by atoms with Gasteiger partial charge in [0, 0.05) is 23.7 Å². The minimum atomic E-state index is -0.850. The number of carbonyl (C=O) groups excluding carboxylic acids is 1. The Morgan fingerprint density at radius 2 is 2.00 bits per heavy atom. The minimum Gasteiger partial charge on any atom is -0.499 e. The van der Waals surface area contributed by atoms with Crippen LogP contribution < -0.4 is 27.8 Å². The zero-order valence-corrected chi connectivity index (χ0v) is 23.3. The lowest BCUT2D eigenvalue weighted by atomic mass is 9.79. The first kappa shape index (κ1) is 30.1. The summed E-state index contributed by atoms with van der Waals surface area (Å²) in [4.78, 5) is 13.4. The highest BCUT2D eigenvalue weighted by molar-refractivity contribution is 6.29. The molecule has 0 saturated heterocycles. The summed E-state index contributed by atoms with van der Waals surface area (Å²) in [7, 11) is 1.65. The smallest absolute Gasteiger partial charge is 0.228 e. The average Bonchev–Trinajstić information content (AvgIpc) is 3.35. The number of rotatable bonds is 15. The number of amides is 1. The highest BCUT2D eigenvalue weighted by atomic mass is 35.5. The van der Waals surface area contributed by atoms with Gasteiger partial charge in [-0.15, -0.1) is 0 Å². The largest absolute Gasteiger partial charge is 0.499 e. The van der Waals surface area contributed by atoms with E-state index in [1.54, 1.807) is 7.11 Å². The van der Waals surface area contributed by atoms with E-state index in [4.69, 9.17) is 33.5 Å². The number of carbonyl (C=O) groups is 1. The number of allylic oxidation sites excluding steroid dienone is 2. The third kappa shape index (κ3) is 7.68. The van der Waals surface area contributed by atoms with Gasteiger partial charge in [0.2, 0.25) is 5.91 Å². The van der Waals surface area contributed by atoms with E-state index in [9.17, 15) is 4.79 Å². The summed E-state index contributed by atoms with van der Waals surface area (Å²) >= 11 is 6.40. The van der Waals surface area contributed by atoms with E-state index in [0.717, 1.165) is 49.3 Å². The van der Waals surface area contributed by atoms with Crippen molar-refractivity contribution in [3.05, 3.63) is 22.9 Å². The number of nitrogens with two attached hydrogens (primary N) is 3. The van der Waals surface area contributed by atoms with Crippen LogP contribution in [0.5, 0.6) is 0 Å². The molecule has 8 heteroatoms. The van der Waals surface area contributed by atoms with Gasteiger partial charge in [0.25, 0.3) is 0 Å². The minimum absolute atomic E-state index is 0.0135. The van der Waals surface area contributed by atoms with Crippen molar-refractivity contribution in [2.75, 3.05) is 13.7 Å². The lowest BCUT2D eigenvalue weighted by Gasteiger charge is -2.34. The molecular formula is C27H50ClN5O2. The molecule has 8 N–H and O–H groups in total. The Balaban J connectivity index is 2.10. The van der Waals surface area contributed by atoms with Crippen molar-refractivity contribution in [2.24, 2.45) is 33.9 Å². The molecule has 0 spiro atoms. The van der Waals surface area contributed by atoms with E-state index in [-0.39, 0.29) is 28.8 Å². The van der Waals surface area contributed by atoms with Crippen LogP contribution in [-0.4, -0.2) is 43.9 Å². The van der Waals surface area contributed by atoms with Gasteiger partial charge in [0.1, 0.15) is 5.76 Å². The fourth-order valence-corrected chi connectivity index (χ4v) is 6.19. The van der Waals surface area contributed by atoms with Gasteiger partial charge >= 0.3 is 0 Å². The molecule has 7 nitrogen and oxygen atoms in total. The van der Waals surface area contributed by atoms with Crippen molar-refractivity contribution >= 4 is 17.5 Å². The number of ether oxygens (including phenoxy) is 1. The third-order valence-electron chi connectivity index (χ3n) is 8.10. The van der Waals surface area contributed by atoms with Crippen LogP contribution in [0.25, 0.3) is 0 Å². The van der Waals surface area contributed by atoms with E-state index >= 15 is 0 Å². The van der Waals surface area contributed by atoms with Gasteiger partial charge in [-0.05, 0) is 49.0 Å². The average molecular weight is 512 g/mol. The molecule has 6 unspecified atom stereocenters. The summed E-state index contributed by atoms with van der Waals surface area (Å²) in [6.45, 7) is 9.28. The maximum Gasteiger partial charge on any atom is 0.228 e. The molecule has 0 aromatic rings. The van der Waals surface area contributed by atoms with Gasteiger partial charge < -0.3 is 32.6 Å². The maximum atomic E-state index is 13.4. The zero-order chi connectivity index (χ0) is 26.2. The normalized spacial score (nSPS) is 30.6. The van der Waals surface area contributed by atoms with Crippen LogP contribution in [0.3, 0.4) is 0 Å². The lowest BCUT2D eigenvalue weighted by molar-refractivity contribution is -0.127. The summed E-state index contributed by atoms with van der Waals surface area (Å²) in [5.74, 6) is -0.143. The molecule has 0 aromatic carbocycles.